The average Bonchev–Trinajstić information content (AvgIpc) is 2.68. The maximum Gasteiger partial charge on any atom is 0.141 e. The maximum absolute atomic E-state index is 9.32. The number of anilines is 1. The Hall–Kier alpha value is -1.79. The summed E-state index contributed by atoms with van der Waals surface area (Å²) in [6, 6.07) is 12.2. The van der Waals surface area contributed by atoms with Crippen LogP contribution in [0.2, 0.25) is 0 Å². The highest BCUT2D eigenvalue weighted by Gasteiger charge is 2.15. The SMILES string of the molecule is Cc1ccc(NC(C#N)c2cc(C)sc2C)cc1. The Balaban J connectivity index is 2.23. The number of thiophene rings is 1. The zero-order valence-electron chi connectivity index (χ0n) is 10.8. The lowest BCUT2D eigenvalue weighted by Gasteiger charge is -2.13. The Kier molecular flexibility index (Phi) is 3.69. The van der Waals surface area contributed by atoms with Gasteiger partial charge in [0, 0.05) is 21.0 Å². The Bertz CT molecular complexity index is 576. The zero-order chi connectivity index (χ0) is 13.1. The van der Waals surface area contributed by atoms with Crippen LogP contribution in [0, 0.1) is 32.1 Å². The number of aryl methyl sites for hydroxylation is 3. The van der Waals surface area contributed by atoms with Gasteiger partial charge in [-0.2, -0.15) is 5.26 Å². The predicted octanol–water partition coefficient (Wildman–Crippen LogP) is 4.35. The summed E-state index contributed by atoms with van der Waals surface area (Å²) in [5.74, 6) is 0. The fraction of sp³-hybridized carbons (Fsp3) is 0.267. The quantitative estimate of drug-likeness (QED) is 0.886. The Labute approximate surface area is 112 Å². The highest BCUT2D eigenvalue weighted by molar-refractivity contribution is 7.12. The van der Waals surface area contributed by atoms with Gasteiger partial charge < -0.3 is 5.32 Å². The first-order chi connectivity index (χ1) is 8.60. The van der Waals surface area contributed by atoms with Crippen LogP contribution in [0.3, 0.4) is 0 Å². The van der Waals surface area contributed by atoms with Crippen molar-refractivity contribution in [2.45, 2.75) is 26.8 Å². The van der Waals surface area contributed by atoms with Gasteiger partial charge in [0.1, 0.15) is 6.04 Å². The van der Waals surface area contributed by atoms with E-state index in [-0.39, 0.29) is 6.04 Å². The molecule has 0 aliphatic carbocycles. The molecule has 1 atom stereocenters. The van der Waals surface area contributed by atoms with Gasteiger partial charge >= 0.3 is 0 Å². The molecule has 18 heavy (non-hydrogen) atoms. The standard InChI is InChI=1S/C15H16N2S/c1-10-4-6-13(7-5-10)17-15(9-16)14-8-11(2)18-12(14)3/h4-8,15,17H,1-3H3. The summed E-state index contributed by atoms with van der Waals surface area (Å²) >= 11 is 1.73. The molecule has 1 heterocycles. The largest absolute Gasteiger partial charge is 0.366 e. The summed E-state index contributed by atoms with van der Waals surface area (Å²) in [5, 5.41) is 12.6. The highest BCUT2D eigenvalue weighted by atomic mass is 32.1. The minimum atomic E-state index is -0.280. The van der Waals surface area contributed by atoms with E-state index in [0.717, 1.165) is 11.3 Å². The van der Waals surface area contributed by atoms with E-state index in [2.05, 4.69) is 38.2 Å². The topological polar surface area (TPSA) is 35.8 Å². The molecule has 0 aliphatic heterocycles. The van der Waals surface area contributed by atoms with Crippen molar-refractivity contribution in [3.05, 3.63) is 51.2 Å². The van der Waals surface area contributed by atoms with Crippen molar-refractivity contribution >= 4 is 17.0 Å². The van der Waals surface area contributed by atoms with Crippen LogP contribution in [0.5, 0.6) is 0 Å². The predicted molar refractivity (Wildman–Crippen MR) is 76.9 cm³/mol. The van der Waals surface area contributed by atoms with Crippen molar-refractivity contribution in [1.29, 1.82) is 5.26 Å². The van der Waals surface area contributed by atoms with Gasteiger partial charge in [-0.25, -0.2) is 0 Å². The summed E-state index contributed by atoms with van der Waals surface area (Å²) < 4.78 is 0. The van der Waals surface area contributed by atoms with E-state index >= 15 is 0 Å². The van der Waals surface area contributed by atoms with E-state index in [0.29, 0.717) is 0 Å². The van der Waals surface area contributed by atoms with E-state index in [1.807, 2.05) is 24.3 Å². The van der Waals surface area contributed by atoms with E-state index in [4.69, 9.17) is 0 Å². The lowest BCUT2D eigenvalue weighted by molar-refractivity contribution is 0.993. The zero-order valence-corrected chi connectivity index (χ0v) is 11.6. The Morgan fingerprint density at radius 1 is 1.17 bits per heavy atom. The smallest absolute Gasteiger partial charge is 0.141 e. The average molecular weight is 256 g/mol. The second-order valence-corrected chi connectivity index (χ2v) is 5.90. The maximum atomic E-state index is 9.32. The van der Waals surface area contributed by atoms with E-state index in [9.17, 15) is 5.26 Å². The van der Waals surface area contributed by atoms with Gasteiger partial charge in [-0.3, -0.25) is 0 Å². The third-order valence-corrected chi connectivity index (χ3v) is 3.86. The molecule has 0 radical (unpaired) electrons. The third-order valence-electron chi connectivity index (χ3n) is 2.88. The molecule has 1 N–H and O–H groups in total. The molecule has 0 saturated carbocycles. The number of benzene rings is 1. The molecule has 0 spiro atoms. The molecule has 2 rings (SSSR count). The molecule has 1 aromatic carbocycles. The molecule has 0 fully saturated rings. The fourth-order valence-electron chi connectivity index (χ4n) is 1.93. The highest BCUT2D eigenvalue weighted by Crippen LogP contribution is 2.28. The summed E-state index contributed by atoms with van der Waals surface area (Å²) in [4.78, 5) is 2.45. The fourth-order valence-corrected chi connectivity index (χ4v) is 2.90. The van der Waals surface area contributed by atoms with E-state index in [1.54, 1.807) is 11.3 Å². The molecule has 2 aromatic rings. The van der Waals surface area contributed by atoms with Gasteiger partial charge in [0.05, 0.1) is 6.07 Å². The lowest BCUT2D eigenvalue weighted by Crippen LogP contribution is -2.08. The third kappa shape index (κ3) is 2.72. The number of hydrogen-bond acceptors (Lipinski definition) is 3. The number of nitrogens with zero attached hydrogens (tertiary/aromatic N) is 1. The molecule has 0 aliphatic rings. The molecule has 3 heteroatoms. The molecule has 0 amide bonds. The monoisotopic (exact) mass is 256 g/mol. The molecule has 0 bridgehead atoms. The van der Waals surface area contributed by atoms with Gasteiger partial charge in [-0.1, -0.05) is 17.7 Å². The van der Waals surface area contributed by atoms with Crippen LogP contribution in [-0.2, 0) is 0 Å². The molecular weight excluding hydrogens is 240 g/mol. The van der Waals surface area contributed by atoms with Gasteiger partial charge in [-0.15, -0.1) is 11.3 Å². The van der Waals surface area contributed by atoms with Gasteiger partial charge in [-0.05, 0) is 39.0 Å². The van der Waals surface area contributed by atoms with Crippen molar-refractivity contribution in [3.63, 3.8) is 0 Å². The van der Waals surface area contributed by atoms with Crippen molar-refractivity contribution in [1.82, 2.24) is 0 Å². The van der Waals surface area contributed by atoms with Crippen LogP contribution in [0.25, 0.3) is 0 Å². The number of rotatable bonds is 3. The summed E-state index contributed by atoms with van der Waals surface area (Å²) in [6.07, 6.45) is 0. The van der Waals surface area contributed by atoms with Crippen LogP contribution in [0.15, 0.2) is 30.3 Å². The van der Waals surface area contributed by atoms with Crippen LogP contribution in [0.1, 0.15) is 26.9 Å². The Morgan fingerprint density at radius 3 is 2.33 bits per heavy atom. The number of hydrogen-bond donors (Lipinski definition) is 1. The van der Waals surface area contributed by atoms with Gasteiger partial charge in [0.25, 0.3) is 0 Å². The molecule has 1 aromatic heterocycles. The minimum absolute atomic E-state index is 0.280. The number of nitriles is 1. The normalized spacial score (nSPS) is 11.9. The van der Waals surface area contributed by atoms with Crippen molar-refractivity contribution in [3.8, 4) is 6.07 Å². The second-order valence-electron chi connectivity index (χ2n) is 4.44. The summed E-state index contributed by atoms with van der Waals surface area (Å²) in [5.41, 5.74) is 3.28. The van der Waals surface area contributed by atoms with Crippen molar-refractivity contribution < 1.29 is 0 Å². The van der Waals surface area contributed by atoms with Crippen LogP contribution >= 0.6 is 11.3 Å². The van der Waals surface area contributed by atoms with Crippen LogP contribution in [0.4, 0.5) is 5.69 Å². The minimum Gasteiger partial charge on any atom is -0.366 e. The van der Waals surface area contributed by atoms with E-state index < -0.39 is 0 Å². The van der Waals surface area contributed by atoms with Gasteiger partial charge in [0.2, 0.25) is 0 Å². The first-order valence-corrected chi connectivity index (χ1v) is 6.71. The Morgan fingerprint density at radius 2 is 1.83 bits per heavy atom. The first kappa shape index (κ1) is 12.7. The van der Waals surface area contributed by atoms with Crippen LogP contribution < -0.4 is 5.32 Å². The lowest BCUT2D eigenvalue weighted by atomic mass is 10.1. The van der Waals surface area contributed by atoms with E-state index in [1.165, 1.54) is 15.3 Å². The van der Waals surface area contributed by atoms with Crippen LogP contribution in [-0.4, -0.2) is 0 Å². The van der Waals surface area contributed by atoms with Crippen molar-refractivity contribution in [2.75, 3.05) is 5.32 Å². The summed E-state index contributed by atoms with van der Waals surface area (Å²) in [6.45, 7) is 6.19. The number of nitrogens with one attached hydrogen (secondary N) is 1. The second kappa shape index (κ2) is 5.24. The van der Waals surface area contributed by atoms with Crippen molar-refractivity contribution in [2.24, 2.45) is 0 Å². The summed E-state index contributed by atoms with van der Waals surface area (Å²) in [7, 11) is 0. The molecule has 92 valence electrons. The first-order valence-electron chi connectivity index (χ1n) is 5.90. The molecule has 2 nitrogen and oxygen atoms in total. The van der Waals surface area contributed by atoms with Gasteiger partial charge in [0.15, 0.2) is 0 Å². The molecular formula is C15H16N2S. The molecule has 1 unspecified atom stereocenters. The molecule has 0 saturated heterocycles.